The number of carbonyl (C=O) groups excluding carboxylic acids is 2. The second-order valence-electron chi connectivity index (χ2n) is 6.80. The molecule has 0 heterocycles. The summed E-state index contributed by atoms with van der Waals surface area (Å²) in [4.78, 5) is 22.1. The Morgan fingerprint density at radius 1 is 0.833 bits per heavy atom. The maximum absolute atomic E-state index is 11.6. The maximum atomic E-state index is 11.6. The fraction of sp³-hybridized carbons (Fsp3) is 0.895. The molecule has 0 aromatic rings. The summed E-state index contributed by atoms with van der Waals surface area (Å²) in [5.41, 5.74) is -0.537. The van der Waals surface area contributed by atoms with Crippen LogP contribution in [0.4, 0.5) is 0 Å². The van der Waals surface area contributed by atoms with E-state index in [9.17, 15) is 14.7 Å². The molecule has 0 aliphatic heterocycles. The topological polar surface area (TPSA) is 66.4 Å². The second kappa shape index (κ2) is 16.4. The summed E-state index contributed by atoms with van der Waals surface area (Å²) in [6, 6.07) is 0. The first-order chi connectivity index (χ1) is 10.9. The number of aliphatic carboxylic acids is 1. The van der Waals surface area contributed by atoms with Gasteiger partial charge in [-0.15, -0.1) is 0 Å². The third kappa shape index (κ3) is 15.5. The Balaban J connectivity index is 0. The van der Waals surface area contributed by atoms with E-state index in [0.717, 1.165) is 38.5 Å². The van der Waals surface area contributed by atoms with E-state index < -0.39 is 24.0 Å². The van der Waals surface area contributed by atoms with Crippen LogP contribution >= 0.6 is 0 Å². The van der Waals surface area contributed by atoms with Crippen molar-refractivity contribution in [3.63, 3.8) is 0 Å². The van der Waals surface area contributed by atoms with Gasteiger partial charge >= 0.3 is 35.5 Å². The summed E-state index contributed by atoms with van der Waals surface area (Å²) >= 11 is 0. The summed E-state index contributed by atoms with van der Waals surface area (Å²) in [5, 5.41) is 10.5. The molecule has 0 spiro atoms. The molecule has 0 aromatic carbocycles. The van der Waals surface area contributed by atoms with Crippen LogP contribution in [-0.4, -0.2) is 17.5 Å². The molecule has 0 aromatic heterocycles. The van der Waals surface area contributed by atoms with Crippen LogP contribution in [0.1, 0.15) is 104 Å². The Bertz CT molecular complexity index is 333. The van der Waals surface area contributed by atoms with E-state index in [1.807, 2.05) is 6.92 Å². The number of esters is 1. The van der Waals surface area contributed by atoms with Crippen LogP contribution in [0.5, 0.6) is 0 Å². The molecule has 1 unspecified atom stereocenters. The number of carboxylic acid groups (broad SMARTS) is 1. The number of unbranched alkanes of at least 4 members (excludes halogenated alkanes) is 8. The Labute approximate surface area is 170 Å². The summed E-state index contributed by atoms with van der Waals surface area (Å²) in [5.74, 6) is -2.05. The van der Waals surface area contributed by atoms with Crippen LogP contribution in [0.2, 0.25) is 0 Å². The van der Waals surface area contributed by atoms with Crippen molar-refractivity contribution in [1.82, 2.24) is 0 Å². The molecule has 136 valence electrons. The van der Waals surface area contributed by atoms with Gasteiger partial charge in [-0.2, -0.15) is 0 Å². The van der Waals surface area contributed by atoms with Gasteiger partial charge in [-0.1, -0.05) is 65.2 Å². The van der Waals surface area contributed by atoms with E-state index in [1.54, 1.807) is 0 Å². The fourth-order valence-electron chi connectivity index (χ4n) is 2.84. The van der Waals surface area contributed by atoms with Crippen molar-refractivity contribution in [2.45, 2.75) is 110 Å². The summed E-state index contributed by atoms with van der Waals surface area (Å²) < 4.78 is 5.45. The molecule has 0 fully saturated rings. The quantitative estimate of drug-likeness (QED) is 0.192. The molecule has 0 rings (SSSR count). The molecule has 0 bridgehead atoms. The number of hydrogen-bond acceptors (Lipinski definition) is 4. The molecule has 0 saturated heterocycles. The molecule has 0 N–H and O–H groups in total. The van der Waals surface area contributed by atoms with E-state index in [2.05, 4.69) is 13.8 Å². The largest absolute Gasteiger partial charge is 1.00 e. The minimum absolute atomic E-state index is 0. The summed E-state index contributed by atoms with van der Waals surface area (Å²) in [7, 11) is 0. The van der Waals surface area contributed by atoms with Gasteiger partial charge in [0.05, 0.1) is 12.4 Å². The first-order valence-electron chi connectivity index (χ1n) is 9.35. The van der Waals surface area contributed by atoms with Gasteiger partial charge in [-0.3, -0.25) is 4.79 Å². The molecular formula is C19H35NaO4. The molecule has 24 heavy (non-hydrogen) atoms. The van der Waals surface area contributed by atoms with Crippen LogP contribution < -0.4 is 34.7 Å². The predicted molar refractivity (Wildman–Crippen MR) is 90.9 cm³/mol. The van der Waals surface area contributed by atoms with Crippen LogP contribution in [-0.2, 0) is 14.3 Å². The average Bonchev–Trinajstić information content (AvgIpc) is 2.47. The van der Waals surface area contributed by atoms with E-state index in [4.69, 9.17) is 4.74 Å². The Morgan fingerprint density at radius 3 is 1.79 bits per heavy atom. The molecule has 0 aliphatic rings. The Hall–Kier alpha value is -0.0600. The number of carboxylic acids is 1. The number of carbonyl (C=O) groups is 2. The van der Waals surface area contributed by atoms with E-state index in [1.165, 1.54) is 38.5 Å². The van der Waals surface area contributed by atoms with Crippen molar-refractivity contribution in [2.24, 2.45) is 0 Å². The van der Waals surface area contributed by atoms with Crippen molar-refractivity contribution < 1.29 is 49.0 Å². The van der Waals surface area contributed by atoms with Gasteiger partial charge < -0.3 is 14.6 Å². The van der Waals surface area contributed by atoms with Crippen LogP contribution in [0, 0.1) is 0 Å². The molecule has 1 atom stereocenters. The summed E-state index contributed by atoms with van der Waals surface area (Å²) in [6.07, 6.45) is 12.8. The van der Waals surface area contributed by atoms with Crippen molar-refractivity contribution in [1.29, 1.82) is 0 Å². The molecule has 5 heteroatoms. The van der Waals surface area contributed by atoms with Crippen molar-refractivity contribution in [2.75, 3.05) is 0 Å². The average molecular weight is 350 g/mol. The third-order valence-electron chi connectivity index (χ3n) is 4.27. The zero-order valence-electron chi connectivity index (χ0n) is 16.3. The molecular weight excluding hydrogens is 315 g/mol. The molecule has 0 radical (unpaired) electrons. The number of hydrogen-bond donors (Lipinski definition) is 0. The number of ether oxygens (including phenoxy) is 1. The molecule has 0 aliphatic carbocycles. The molecule has 4 nitrogen and oxygen atoms in total. The monoisotopic (exact) mass is 350 g/mol. The predicted octanol–water partition coefficient (Wildman–Crippen LogP) is 1.15. The molecule has 0 saturated carbocycles. The van der Waals surface area contributed by atoms with Gasteiger partial charge in [-0.05, 0) is 32.6 Å². The van der Waals surface area contributed by atoms with Crippen molar-refractivity contribution in [3.8, 4) is 0 Å². The molecule has 0 amide bonds. The minimum Gasteiger partial charge on any atom is -0.550 e. The van der Waals surface area contributed by atoms with Gasteiger partial charge in [0.1, 0.15) is 5.60 Å². The zero-order valence-corrected chi connectivity index (χ0v) is 18.3. The van der Waals surface area contributed by atoms with E-state index in [0.29, 0.717) is 0 Å². The van der Waals surface area contributed by atoms with Gasteiger partial charge in [0, 0.05) is 0 Å². The standard InChI is InChI=1S/C19H36O4.Na/c1-4-6-8-9-10-11-12-13-15-19(3,14-7-5-2)23-18(22)16-17(20)21;/h4-16H2,1-3H3,(H,20,21);/q;+1/p-1. The Kier molecular flexibility index (Phi) is 17.9. The van der Waals surface area contributed by atoms with Crippen molar-refractivity contribution in [3.05, 3.63) is 0 Å². The van der Waals surface area contributed by atoms with Gasteiger partial charge in [0.15, 0.2) is 0 Å². The minimum atomic E-state index is -1.38. The van der Waals surface area contributed by atoms with Crippen LogP contribution in [0.25, 0.3) is 0 Å². The van der Waals surface area contributed by atoms with Crippen LogP contribution in [0.15, 0.2) is 0 Å². The maximum Gasteiger partial charge on any atom is 1.00 e. The van der Waals surface area contributed by atoms with Gasteiger partial charge in [0.25, 0.3) is 0 Å². The second-order valence-corrected chi connectivity index (χ2v) is 6.80. The first-order valence-corrected chi connectivity index (χ1v) is 9.35. The zero-order chi connectivity index (χ0) is 17.6. The SMILES string of the molecule is CCCCCCCCCCC(C)(CCCC)OC(=O)CC(=O)[O-].[Na+]. The van der Waals surface area contributed by atoms with E-state index in [-0.39, 0.29) is 29.6 Å². The summed E-state index contributed by atoms with van der Waals surface area (Å²) in [6.45, 7) is 6.25. The Morgan fingerprint density at radius 2 is 1.29 bits per heavy atom. The van der Waals surface area contributed by atoms with Gasteiger partial charge in [0.2, 0.25) is 0 Å². The van der Waals surface area contributed by atoms with E-state index >= 15 is 0 Å². The van der Waals surface area contributed by atoms with Crippen molar-refractivity contribution >= 4 is 11.9 Å². The fourth-order valence-corrected chi connectivity index (χ4v) is 2.84. The van der Waals surface area contributed by atoms with Crippen LogP contribution in [0.3, 0.4) is 0 Å². The number of rotatable bonds is 15. The first kappa shape index (κ1) is 26.2. The normalized spacial score (nSPS) is 13.0. The third-order valence-corrected chi connectivity index (χ3v) is 4.27. The smallest absolute Gasteiger partial charge is 0.550 e. The van der Waals surface area contributed by atoms with Gasteiger partial charge in [-0.25, -0.2) is 0 Å².